The molecule has 0 fully saturated rings. The third-order valence-corrected chi connectivity index (χ3v) is 5.55. The van der Waals surface area contributed by atoms with E-state index in [2.05, 4.69) is 0 Å². The van der Waals surface area contributed by atoms with Crippen LogP contribution < -0.4 is 4.74 Å². The van der Waals surface area contributed by atoms with Crippen LogP contribution in [0.25, 0.3) is 11.0 Å². The molecule has 0 saturated heterocycles. The first kappa shape index (κ1) is 28.9. The Balaban J connectivity index is 2.00. The SMILES string of the molecule is CCOCCn1c(CN(C(=O)OC(C)(C)C)[C@@H](C)C(=O)OCC)nc2ccc(Oc3ccc(F)cc3)cc21. The number of aromatic nitrogens is 2. The maximum atomic E-state index is 13.3. The van der Waals surface area contributed by atoms with Crippen LogP contribution in [-0.2, 0) is 32.1 Å². The summed E-state index contributed by atoms with van der Waals surface area (Å²) in [7, 11) is 0. The van der Waals surface area contributed by atoms with Crippen LogP contribution in [0, 0.1) is 5.82 Å². The topological polar surface area (TPSA) is 92.1 Å². The van der Waals surface area contributed by atoms with Gasteiger partial charge in [0.25, 0.3) is 0 Å². The number of amides is 1. The van der Waals surface area contributed by atoms with Crippen molar-refractivity contribution in [1.29, 1.82) is 0 Å². The molecule has 0 N–H and O–H groups in total. The fourth-order valence-electron chi connectivity index (χ4n) is 3.75. The summed E-state index contributed by atoms with van der Waals surface area (Å²) < 4.78 is 37.5. The van der Waals surface area contributed by atoms with Crippen LogP contribution >= 0.6 is 0 Å². The number of hydrogen-bond acceptors (Lipinski definition) is 7. The molecule has 1 amide bonds. The van der Waals surface area contributed by atoms with Gasteiger partial charge in [-0.2, -0.15) is 0 Å². The fourth-order valence-corrected chi connectivity index (χ4v) is 3.75. The Morgan fingerprint density at radius 1 is 1.05 bits per heavy atom. The second kappa shape index (κ2) is 12.7. The van der Waals surface area contributed by atoms with Gasteiger partial charge >= 0.3 is 12.1 Å². The normalized spacial score (nSPS) is 12.3. The largest absolute Gasteiger partial charge is 0.464 e. The third-order valence-electron chi connectivity index (χ3n) is 5.55. The predicted octanol–water partition coefficient (Wildman–Crippen LogP) is 5.69. The molecule has 3 rings (SSSR count). The van der Waals surface area contributed by atoms with Gasteiger partial charge in [0.1, 0.15) is 34.8 Å². The average molecular weight is 530 g/mol. The fraction of sp³-hybridized carbons (Fsp3) is 0.464. The molecule has 3 aromatic rings. The Morgan fingerprint density at radius 3 is 2.37 bits per heavy atom. The summed E-state index contributed by atoms with van der Waals surface area (Å²) in [6.07, 6.45) is -0.651. The van der Waals surface area contributed by atoms with E-state index in [9.17, 15) is 14.0 Å². The van der Waals surface area contributed by atoms with Crippen LogP contribution in [0.15, 0.2) is 42.5 Å². The Labute approximate surface area is 222 Å². The van der Waals surface area contributed by atoms with Crippen molar-refractivity contribution in [3.05, 3.63) is 54.1 Å². The van der Waals surface area contributed by atoms with Gasteiger partial charge in [0.2, 0.25) is 0 Å². The molecule has 0 bridgehead atoms. The predicted molar refractivity (Wildman–Crippen MR) is 141 cm³/mol. The summed E-state index contributed by atoms with van der Waals surface area (Å²) in [6.45, 7) is 12.1. The minimum absolute atomic E-state index is 0.00382. The number of fused-ring (bicyclic) bond motifs is 1. The minimum Gasteiger partial charge on any atom is -0.464 e. The molecule has 0 aliphatic rings. The van der Waals surface area contributed by atoms with E-state index >= 15 is 0 Å². The highest BCUT2D eigenvalue weighted by molar-refractivity contribution is 5.81. The zero-order valence-corrected chi connectivity index (χ0v) is 22.8. The molecule has 0 radical (unpaired) electrons. The highest BCUT2D eigenvalue weighted by Crippen LogP contribution is 2.28. The zero-order chi connectivity index (χ0) is 27.9. The smallest absolute Gasteiger partial charge is 0.411 e. The average Bonchev–Trinajstić information content (AvgIpc) is 3.19. The van der Waals surface area contributed by atoms with E-state index in [1.54, 1.807) is 52.8 Å². The Kier molecular flexibility index (Phi) is 9.68. The van der Waals surface area contributed by atoms with Gasteiger partial charge in [-0.25, -0.2) is 19.0 Å². The molecule has 1 atom stereocenters. The maximum Gasteiger partial charge on any atom is 0.411 e. The van der Waals surface area contributed by atoms with Gasteiger partial charge in [0, 0.05) is 19.2 Å². The van der Waals surface area contributed by atoms with Crippen molar-refractivity contribution in [2.24, 2.45) is 0 Å². The van der Waals surface area contributed by atoms with Crippen LogP contribution in [0.2, 0.25) is 0 Å². The summed E-state index contributed by atoms with van der Waals surface area (Å²) in [5.41, 5.74) is 0.675. The van der Waals surface area contributed by atoms with Gasteiger partial charge in [-0.05, 0) is 77.9 Å². The first-order chi connectivity index (χ1) is 18.0. The number of halogens is 1. The molecular weight excluding hydrogens is 493 g/mol. The summed E-state index contributed by atoms with van der Waals surface area (Å²) in [5, 5.41) is 0. The standard InChI is InChI=1S/C28H36FN3O6/c1-7-35-16-15-31-24-17-22(37-21-11-9-20(29)10-12-21)13-14-23(24)30-25(31)18-32(19(3)26(33)36-8-2)27(34)38-28(4,5)6/h9-14,17,19H,7-8,15-16,18H2,1-6H3/t19-/m0/s1. The first-order valence-electron chi connectivity index (χ1n) is 12.7. The van der Waals surface area contributed by atoms with Crippen molar-refractivity contribution >= 4 is 23.1 Å². The van der Waals surface area contributed by atoms with Gasteiger partial charge < -0.3 is 23.5 Å². The molecule has 9 nitrogen and oxygen atoms in total. The van der Waals surface area contributed by atoms with Gasteiger partial charge in [0.05, 0.1) is 30.8 Å². The molecule has 206 valence electrons. The molecule has 0 spiro atoms. The van der Waals surface area contributed by atoms with E-state index in [1.807, 2.05) is 23.6 Å². The lowest BCUT2D eigenvalue weighted by atomic mass is 10.2. The van der Waals surface area contributed by atoms with Crippen LogP contribution in [0.1, 0.15) is 47.4 Å². The Morgan fingerprint density at radius 2 is 1.74 bits per heavy atom. The number of esters is 1. The quantitative estimate of drug-likeness (QED) is 0.233. The van der Waals surface area contributed by atoms with Gasteiger partial charge in [-0.1, -0.05) is 0 Å². The van der Waals surface area contributed by atoms with Crippen LogP contribution in [-0.4, -0.2) is 58.0 Å². The van der Waals surface area contributed by atoms with E-state index in [4.69, 9.17) is 23.9 Å². The molecule has 0 aliphatic heterocycles. The van der Waals surface area contributed by atoms with Crippen LogP contribution in [0.5, 0.6) is 11.5 Å². The molecule has 0 unspecified atom stereocenters. The molecule has 2 aromatic carbocycles. The van der Waals surface area contributed by atoms with E-state index in [0.29, 0.717) is 42.6 Å². The minimum atomic E-state index is -0.901. The number of imidazole rings is 1. The third kappa shape index (κ3) is 7.67. The maximum absolute atomic E-state index is 13.3. The second-order valence-corrected chi connectivity index (χ2v) is 9.62. The molecule has 0 aliphatic carbocycles. The van der Waals surface area contributed by atoms with Crippen LogP contribution in [0.4, 0.5) is 9.18 Å². The van der Waals surface area contributed by atoms with Crippen molar-refractivity contribution in [3.8, 4) is 11.5 Å². The number of hydrogen-bond donors (Lipinski definition) is 0. The molecular formula is C28H36FN3O6. The zero-order valence-electron chi connectivity index (χ0n) is 22.8. The van der Waals surface area contributed by atoms with Gasteiger partial charge in [-0.3, -0.25) is 4.90 Å². The molecule has 0 saturated carbocycles. The lowest BCUT2D eigenvalue weighted by Crippen LogP contribution is -2.46. The number of carbonyl (C=O) groups is 2. The van der Waals surface area contributed by atoms with E-state index in [-0.39, 0.29) is 19.0 Å². The van der Waals surface area contributed by atoms with Crippen molar-refractivity contribution in [2.45, 2.75) is 66.3 Å². The molecule has 38 heavy (non-hydrogen) atoms. The lowest BCUT2D eigenvalue weighted by Gasteiger charge is -2.30. The van der Waals surface area contributed by atoms with Gasteiger partial charge in [0.15, 0.2) is 0 Å². The summed E-state index contributed by atoms with van der Waals surface area (Å²) in [4.78, 5) is 31.8. The van der Waals surface area contributed by atoms with E-state index in [0.717, 1.165) is 5.52 Å². The summed E-state index contributed by atoms with van der Waals surface area (Å²) >= 11 is 0. The van der Waals surface area contributed by atoms with E-state index in [1.165, 1.54) is 17.0 Å². The lowest BCUT2D eigenvalue weighted by molar-refractivity contribution is -0.149. The van der Waals surface area contributed by atoms with Crippen molar-refractivity contribution in [2.75, 3.05) is 19.8 Å². The number of rotatable bonds is 11. The first-order valence-corrected chi connectivity index (χ1v) is 12.7. The summed E-state index contributed by atoms with van der Waals surface area (Å²) in [5.74, 6) is 0.687. The molecule has 1 aromatic heterocycles. The molecule has 1 heterocycles. The van der Waals surface area contributed by atoms with E-state index < -0.39 is 23.7 Å². The van der Waals surface area contributed by atoms with Crippen LogP contribution in [0.3, 0.4) is 0 Å². The van der Waals surface area contributed by atoms with Gasteiger partial charge in [-0.15, -0.1) is 0 Å². The summed E-state index contributed by atoms with van der Waals surface area (Å²) in [6, 6.07) is 10.3. The second-order valence-electron chi connectivity index (χ2n) is 9.62. The monoisotopic (exact) mass is 529 g/mol. The number of benzene rings is 2. The van der Waals surface area contributed by atoms with Crippen molar-refractivity contribution in [1.82, 2.24) is 14.5 Å². The number of ether oxygens (including phenoxy) is 4. The van der Waals surface area contributed by atoms with Crippen molar-refractivity contribution in [3.63, 3.8) is 0 Å². The molecule has 10 heteroatoms. The van der Waals surface area contributed by atoms with Crippen molar-refractivity contribution < 1.29 is 32.9 Å². The number of nitrogens with zero attached hydrogens (tertiary/aromatic N) is 3. The highest BCUT2D eigenvalue weighted by atomic mass is 19.1. The highest BCUT2D eigenvalue weighted by Gasteiger charge is 2.32. The Hall–Kier alpha value is -3.66. The Bertz CT molecular complexity index is 1240. The number of carbonyl (C=O) groups excluding carboxylic acids is 2.